The first-order chi connectivity index (χ1) is 9.33. The smallest absolute Gasteiger partial charge is 0.153 e. The van der Waals surface area contributed by atoms with Gasteiger partial charge in [-0.15, -0.1) is 0 Å². The van der Waals surface area contributed by atoms with Crippen LogP contribution < -0.4 is 0 Å². The van der Waals surface area contributed by atoms with Crippen molar-refractivity contribution in [1.82, 2.24) is 14.9 Å². The average molecular weight is 261 g/mol. The molecule has 2 fully saturated rings. The Balaban J connectivity index is 1.58. The molecule has 0 amide bonds. The molecule has 0 radical (unpaired) electrons. The summed E-state index contributed by atoms with van der Waals surface area (Å²) in [6.07, 6.45) is 9.65. The fourth-order valence-corrected chi connectivity index (χ4v) is 3.59. The van der Waals surface area contributed by atoms with Gasteiger partial charge in [0.1, 0.15) is 6.61 Å². The van der Waals surface area contributed by atoms with Crippen molar-refractivity contribution in [2.75, 3.05) is 20.2 Å². The Hall–Kier alpha value is -1.00. The second kappa shape index (κ2) is 5.97. The third-order valence-corrected chi connectivity index (χ3v) is 4.36. The van der Waals surface area contributed by atoms with Gasteiger partial charge in [0.05, 0.1) is 0 Å². The first-order valence-corrected chi connectivity index (χ1v) is 7.34. The number of rotatable bonds is 4. The molecule has 1 saturated heterocycles. The summed E-state index contributed by atoms with van der Waals surface area (Å²) in [7, 11) is 1.67. The van der Waals surface area contributed by atoms with Crippen LogP contribution in [-0.4, -0.2) is 35.1 Å². The zero-order valence-electron chi connectivity index (χ0n) is 11.7. The molecule has 1 aromatic heterocycles. The topological polar surface area (TPSA) is 38.2 Å². The van der Waals surface area contributed by atoms with Crippen LogP contribution in [0.4, 0.5) is 0 Å². The monoisotopic (exact) mass is 261 g/mol. The number of methoxy groups -OCH3 is 1. The van der Waals surface area contributed by atoms with E-state index >= 15 is 0 Å². The highest BCUT2D eigenvalue weighted by atomic mass is 16.5. The summed E-state index contributed by atoms with van der Waals surface area (Å²) in [4.78, 5) is 11.3. The van der Waals surface area contributed by atoms with Crippen LogP contribution in [0.15, 0.2) is 12.4 Å². The van der Waals surface area contributed by atoms with Crippen molar-refractivity contribution in [3.05, 3.63) is 23.8 Å². The van der Waals surface area contributed by atoms with Crippen LogP contribution in [-0.2, 0) is 17.9 Å². The SMILES string of the molecule is COCc1ncc(CN2C[C@H]3CCC[C@@H](C3)C2)cn1. The molecular weight excluding hydrogens is 238 g/mol. The Bertz CT molecular complexity index is 394. The molecule has 1 aliphatic carbocycles. The third kappa shape index (κ3) is 3.31. The van der Waals surface area contributed by atoms with Gasteiger partial charge in [-0.3, -0.25) is 4.90 Å². The van der Waals surface area contributed by atoms with E-state index in [1.54, 1.807) is 7.11 Å². The van der Waals surface area contributed by atoms with Crippen molar-refractivity contribution in [2.24, 2.45) is 11.8 Å². The fraction of sp³-hybridized carbons (Fsp3) is 0.733. The highest BCUT2D eigenvalue weighted by Crippen LogP contribution is 2.34. The maximum atomic E-state index is 5.03. The zero-order chi connectivity index (χ0) is 13.1. The van der Waals surface area contributed by atoms with Gasteiger partial charge in [0, 0.05) is 44.7 Å². The largest absolute Gasteiger partial charge is 0.377 e. The normalized spacial score (nSPS) is 27.4. The van der Waals surface area contributed by atoms with Gasteiger partial charge >= 0.3 is 0 Å². The van der Waals surface area contributed by atoms with E-state index in [-0.39, 0.29) is 0 Å². The maximum absolute atomic E-state index is 5.03. The first-order valence-electron chi connectivity index (χ1n) is 7.34. The molecule has 0 spiro atoms. The van der Waals surface area contributed by atoms with Crippen molar-refractivity contribution < 1.29 is 4.74 Å². The van der Waals surface area contributed by atoms with Crippen LogP contribution in [0, 0.1) is 11.8 Å². The van der Waals surface area contributed by atoms with Crippen molar-refractivity contribution in [3.8, 4) is 0 Å². The quantitative estimate of drug-likeness (QED) is 0.833. The molecule has 3 rings (SSSR count). The van der Waals surface area contributed by atoms with Crippen LogP contribution in [0.1, 0.15) is 37.1 Å². The van der Waals surface area contributed by atoms with Crippen molar-refractivity contribution in [2.45, 2.75) is 38.8 Å². The summed E-state index contributed by atoms with van der Waals surface area (Å²) in [6.45, 7) is 4.01. The standard InChI is InChI=1S/C15H23N3O/c1-19-11-15-16-6-14(7-17-15)10-18-8-12-3-2-4-13(5-12)9-18/h6-7,12-13H,2-5,8-11H2,1H3/t12-,13-/m0/s1. The fourth-order valence-electron chi connectivity index (χ4n) is 3.59. The second-order valence-corrected chi connectivity index (χ2v) is 6.03. The molecule has 104 valence electrons. The molecule has 2 atom stereocenters. The van der Waals surface area contributed by atoms with E-state index in [1.165, 1.54) is 44.3 Å². The molecular formula is C15H23N3O. The Morgan fingerprint density at radius 2 is 1.89 bits per heavy atom. The minimum absolute atomic E-state index is 0.494. The average Bonchev–Trinajstić information content (AvgIpc) is 2.41. The number of hydrogen-bond donors (Lipinski definition) is 0. The molecule has 4 heteroatoms. The summed E-state index contributed by atoms with van der Waals surface area (Å²) < 4.78 is 5.03. The van der Waals surface area contributed by atoms with Gasteiger partial charge in [-0.25, -0.2) is 9.97 Å². The van der Waals surface area contributed by atoms with Crippen LogP contribution >= 0.6 is 0 Å². The molecule has 2 aliphatic rings. The Labute approximate surface area is 115 Å². The lowest BCUT2D eigenvalue weighted by Gasteiger charge is -2.41. The van der Waals surface area contributed by atoms with Gasteiger partial charge in [0.15, 0.2) is 5.82 Å². The summed E-state index contributed by atoms with van der Waals surface area (Å²) in [5, 5.41) is 0. The van der Waals surface area contributed by atoms with E-state index in [2.05, 4.69) is 14.9 Å². The molecule has 1 saturated carbocycles. The van der Waals surface area contributed by atoms with E-state index in [0.717, 1.165) is 24.2 Å². The van der Waals surface area contributed by atoms with E-state index in [9.17, 15) is 0 Å². The number of fused-ring (bicyclic) bond motifs is 2. The van der Waals surface area contributed by atoms with Gasteiger partial charge in [-0.05, 0) is 31.1 Å². The van der Waals surface area contributed by atoms with E-state index in [1.807, 2.05) is 12.4 Å². The maximum Gasteiger partial charge on any atom is 0.153 e. The number of piperidine rings is 1. The zero-order valence-corrected chi connectivity index (χ0v) is 11.7. The number of ether oxygens (including phenoxy) is 1. The molecule has 0 N–H and O–H groups in total. The summed E-state index contributed by atoms with van der Waals surface area (Å²) >= 11 is 0. The summed E-state index contributed by atoms with van der Waals surface area (Å²) in [6, 6.07) is 0. The van der Waals surface area contributed by atoms with E-state index < -0.39 is 0 Å². The highest BCUT2D eigenvalue weighted by Gasteiger charge is 2.30. The molecule has 2 heterocycles. The van der Waals surface area contributed by atoms with Gasteiger partial charge in [0.2, 0.25) is 0 Å². The lowest BCUT2D eigenvalue weighted by atomic mass is 9.78. The van der Waals surface area contributed by atoms with Gasteiger partial charge in [-0.2, -0.15) is 0 Å². The predicted octanol–water partition coefficient (Wildman–Crippen LogP) is 2.25. The minimum atomic E-state index is 0.494. The van der Waals surface area contributed by atoms with Gasteiger partial charge in [0.25, 0.3) is 0 Å². The Kier molecular flexibility index (Phi) is 4.09. The van der Waals surface area contributed by atoms with Crippen LogP contribution in [0.3, 0.4) is 0 Å². The molecule has 1 aliphatic heterocycles. The Morgan fingerprint density at radius 1 is 1.21 bits per heavy atom. The molecule has 19 heavy (non-hydrogen) atoms. The van der Waals surface area contributed by atoms with Gasteiger partial charge in [-0.1, -0.05) is 6.42 Å². The van der Waals surface area contributed by atoms with E-state index in [4.69, 9.17) is 4.74 Å². The molecule has 1 aromatic rings. The molecule has 2 bridgehead atoms. The second-order valence-electron chi connectivity index (χ2n) is 6.03. The van der Waals surface area contributed by atoms with Crippen molar-refractivity contribution in [1.29, 1.82) is 0 Å². The first kappa shape index (κ1) is 13.0. The lowest BCUT2D eigenvalue weighted by Crippen LogP contribution is -2.42. The van der Waals surface area contributed by atoms with Crippen LogP contribution in [0.25, 0.3) is 0 Å². The number of hydrogen-bond acceptors (Lipinski definition) is 4. The summed E-state index contributed by atoms with van der Waals surface area (Å²) in [5.41, 5.74) is 1.22. The lowest BCUT2D eigenvalue weighted by molar-refractivity contribution is 0.0806. The molecule has 0 aromatic carbocycles. The molecule has 4 nitrogen and oxygen atoms in total. The van der Waals surface area contributed by atoms with Crippen LogP contribution in [0.2, 0.25) is 0 Å². The highest BCUT2D eigenvalue weighted by molar-refractivity contribution is 5.05. The van der Waals surface area contributed by atoms with Crippen molar-refractivity contribution >= 4 is 0 Å². The minimum Gasteiger partial charge on any atom is -0.377 e. The third-order valence-electron chi connectivity index (χ3n) is 4.36. The van der Waals surface area contributed by atoms with Crippen molar-refractivity contribution in [3.63, 3.8) is 0 Å². The molecule has 0 unspecified atom stereocenters. The predicted molar refractivity (Wildman–Crippen MR) is 73.5 cm³/mol. The summed E-state index contributed by atoms with van der Waals surface area (Å²) in [5.74, 6) is 2.63. The number of aromatic nitrogens is 2. The van der Waals surface area contributed by atoms with Crippen LogP contribution in [0.5, 0.6) is 0 Å². The van der Waals surface area contributed by atoms with Gasteiger partial charge < -0.3 is 4.74 Å². The van der Waals surface area contributed by atoms with E-state index in [0.29, 0.717) is 6.61 Å². The number of nitrogens with zero attached hydrogens (tertiary/aromatic N) is 3. The number of likely N-dealkylation sites (tertiary alicyclic amines) is 1. The Morgan fingerprint density at radius 3 is 2.53 bits per heavy atom.